The number of aliphatic carboxylic acids is 1. The van der Waals surface area contributed by atoms with Crippen molar-refractivity contribution >= 4 is 5.97 Å². The zero-order valence-electron chi connectivity index (χ0n) is 14.1. The zero-order chi connectivity index (χ0) is 18.1. The highest BCUT2D eigenvalue weighted by atomic mass is 16.5. The summed E-state index contributed by atoms with van der Waals surface area (Å²) in [5.41, 5.74) is -0.592. The largest absolute Gasteiger partial charge is 0.481 e. The number of H-pyrrole nitrogens is 1. The number of ether oxygens (including phenoxy) is 1. The Labute approximate surface area is 143 Å². The summed E-state index contributed by atoms with van der Waals surface area (Å²) in [6.07, 6.45) is 1.08. The van der Waals surface area contributed by atoms with Crippen LogP contribution in [0, 0.1) is 12.8 Å². The minimum absolute atomic E-state index is 0.266. The van der Waals surface area contributed by atoms with Gasteiger partial charge in [-0.05, 0) is 32.9 Å². The molecular weight excluding hydrogens is 330 g/mol. The Hall–Kier alpha value is -1.97. The van der Waals surface area contributed by atoms with E-state index in [1.807, 2.05) is 0 Å². The molecule has 1 aromatic heterocycles. The Morgan fingerprint density at radius 1 is 1.36 bits per heavy atom. The molecule has 3 atom stereocenters. The quantitative estimate of drug-likeness (QED) is 0.653. The standard InChI is InChI=1S/C16H23N3O6/c1-9-7-19(16(24)17-14(9)21)13-6-11(20)12(25-13)8-18-4-2-10(3-5-18)15(22)23/h7,10-13,20H,2-6,8H2,1H3,(H,22,23)(H,17,21,24)/t11-,12+,13+/m0/s1. The number of aliphatic hydroxyl groups excluding tert-OH is 1. The molecule has 0 aromatic carbocycles. The maximum absolute atomic E-state index is 12.0. The van der Waals surface area contributed by atoms with E-state index in [0.717, 1.165) is 0 Å². The summed E-state index contributed by atoms with van der Waals surface area (Å²) < 4.78 is 7.15. The Kier molecular flexibility index (Phi) is 5.07. The van der Waals surface area contributed by atoms with Gasteiger partial charge < -0.3 is 19.8 Å². The summed E-state index contributed by atoms with van der Waals surface area (Å²) in [4.78, 5) is 38.7. The van der Waals surface area contributed by atoms with E-state index in [0.29, 0.717) is 38.0 Å². The second-order valence-corrected chi connectivity index (χ2v) is 6.82. The molecule has 0 bridgehead atoms. The molecule has 2 aliphatic rings. The van der Waals surface area contributed by atoms with Crippen molar-refractivity contribution in [2.45, 2.75) is 44.6 Å². The van der Waals surface area contributed by atoms with Gasteiger partial charge in [0, 0.05) is 24.7 Å². The summed E-state index contributed by atoms with van der Waals surface area (Å²) in [6, 6.07) is 0. The Balaban J connectivity index is 1.63. The predicted molar refractivity (Wildman–Crippen MR) is 87.4 cm³/mol. The third-order valence-corrected chi connectivity index (χ3v) is 5.04. The van der Waals surface area contributed by atoms with Gasteiger partial charge in [0.15, 0.2) is 0 Å². The first-order valence-corrected chi connectivity index (χ1v) is 8.46. The average Bonchev–Trinajstić information content (AvgIpc) is 2.92. The maximum Gasteiger partial charge on any atom is 0.330 e. The number of hydrogen-bond acceptors (Lipinski definition) is 6. The molecule has 3 rings (SSSR count). The van der Waals surface area contributed by atoms with Crippen molar-refractivity contribution < 1.29 is 19.7 Å². The first-order valence-electron chi connectivity index (χ1n) is 8.46. The number of piperidine rings is 1. The number of aromatic nitrogens is 2. The number of carboxylic acid groups (broad SMARTS) is 1. The number of carbonyl (C=O) groups is 1. The van der Waals surface area contributed by atoms with E-state index >= 15 is 0 Å². The first-order chi connectivity index (χ1) is 11.8. The van der Waals surface area contributed by atoms with Gasteiger partial charge >= 0.3 is 11.7 Å². The fourth-order valence-electron chi connectivity index (χ4n) is 3.47. The van der Waals surface area contributed by atoms with E-state index in [1.54, 1.807) is 6.92 Å². The van der Waals surface area contributed by atoms with Crippen molar-refractivity contribution in [3.63, 3.8) is 0 Å². The highest BCUT2D eigenvalue weighted by Crippen LogP contribution is 2.29. The molecule has 3 N–H and O–H groups in total. The lowest BCUT2D eigenvalue weighted by Crippen LogP contribution is -2.43. The van der Waals surface area contributed by atoms with E-state index in [4.69, 9.17) is 9.84 Å². The van der Waals surface area contributed by atoms with Crippen LogP contribution in [-0.2, 0) is 9.53 Å². The van der Waals surface area contributed by atoms with Gasteiger partial charge in [0.25, 0.3) is 5.56 Å². The number of likely N-dealkylation sites (tertiary alicyclic amines) is 1. The number of nitrogens with one attached hydrogen (secondary N) is 1. The highest BCUT2D eigenvalue weighted by Gasteiger charge is 2.37. The van der Waals surface area contributed by atoms with E-state index in [1.165, 1.54) is 10.8 Å². The lowest BCUT2D eigenvalue weighted by molar-refractivity contribution is -0.143. The number of nitrogens with zero attached hydrogens (tertiary/aromatic N) is 2. The number of carboxylic acids is 1. The smallest absolute Gasteiger partial charge is 0.330 e. The second-order valence-electron chi connectivity index (χ2n) is 6.82. The van der Waals surface area contributed by atoms with Gasteiger partial charge in [0.2, 0.25) is 0 Å². The SMILES string of the molecule is Cc1cn([C@H]2C[C@H](O)[C@@H](CN3CCC(C(=O)O)CC3)O2)c(=O)[nH]c1=O. The van der Waals surface area contributed by atoms with Crippen molar-refractivity contribution in [2.24, 2.45) is 5.92 Å². The third kappa shape index (κ3) is 3.83. The minimum Gasteiger partial charge on any atom is -0.481 e. The van der Waals surface area contributed by atoms with Crippen LogP contribution < -0.4 is 11.2 Å². The van der Waals surface area contributed by atoms with Gasteiger partial charge in [-0.15, -0.1) is 0 Å². The van der Waals surface area contributed by atoms with Crippen molar-refractivity contribution in [1.29, 1.82) is 0 Å². The number of aliphatic hydroxyl groups is 1. The van der Waals surface area contributed by atoms with Gasteiger partial charge in [-0.25, -0.2) is 4.79 Å². The highest BCUT2D eigenvalue weighted by molar-refractivity contribution is 5.70. The molecule has 138 valence electrons. The Bertz CT molecular complexity index is 749. The van der Waals surface area contributed by atoms with E-state index < -0.39 is 35.7 Å². The number of rotatable bonds is 4. The molecule has 25 heavy (non-hydrogen) atoms. The fourth-order valence-corrected chi connectivity index (χ4v) is 3.47. The molecule has 0 aliphatic carbocycles. The van der Waals surface area contributed by atoms with Crippen LogP contribution in [-0.4, -0.2) is 62.5 Å². The summed E-state index contributed by atoms with van der Waals surface area (Å²) >= 11 is 0. The fraction of sp³-hybridized carbons (Fsp3) is 0.688. The molecule has 3 heterocycles. The molecule has 0 amide bonds. The molecule has 9 heteroatoms. The minimum atomic E-state index is -0.760. The van der Waals surface area contributed by atoms with E-state index in [-0.39, 0.29) is 12.3 Å². The summed E-state index contributed by atoms with van der Waals surface area (Å²) in [6.45, 7) is 3.38. The molecule has 9 nitrogen and oxygen atoms in total. The maximum atomic E-state index is 12.0. The van der Waals surface area contributed by atoms with E-state index in [9.17, 15) is 19.5 Å². The topological polar surface area (TPSA) is 125 Å². The van der Waals surface area contributed by atoms with Crippen LogP contribution >= 0.6 is 0 Å². The molecular formula is C16H23N3O6. The van der Waals surface area contributed by atoms with Crippen molar-refractivity contribution in [3.05, 3.63) is 32.6 Å². The van der Waals surface area contributed by atoms with Gasteiger partial charge in [0.1, 0.15) is 6.23 Å². The van der Waals surface area contributed by atoms with Crippen LogP contribution in [0.15, 0.2) is 15.8 Å². The van der Waals surface area contributed by atoms with Crippen LogP contribution in [0.1, 0.15) is 31.1 Å². The average molecular weight is 353 g/mol. The molecule has 1 aromatic rings. The van der Waals surface area contributed by atoms with Crippen molar-refractivity contribution in [2.75, 3.05) is 19.6 Å². The van der Waals surface area contributed by atoms with Gasteiger partial charge in [-0.3, -0.25) is 19.1 Å². The van der Waals surface area contributed by atoms with Crippen LogP contribution in [0.2, 0.25) is 0 Å². The lowest BCUT2D eigenvalue weighted by Gasteiger charge is -2.32. The molecule has 0 spiro atoms. The first kappa shape index (κ1) is 17.8. The van der Waals surface area contributed by atoms with Crippen molar-refractivity contribution in [3.8, 4) is 0 Å². The monoisotopic (exact) mass is 353 g/mol. The van der Waals surface area contributed by atoms with Gasteiger partial charge in [-0.2, -0.15) is 0 Å². The number of aromatic amines is 1. The summed E-state index contributed by atoms with van der Waals surface area (Å²) in [5.74, 6) is -1.06. The second kappa shape index (κ2) is 7.11. The van der Waals surface area contributed by atoms with Crippen LogP contribution in [0.4, 0.5) is 0 Å². The molecule has 2 aliphatic heterocycles. The van der Waals surface area contributed by atoms with E-state index in [2.05, 4.69) is 9.88 Å². The van der Waals surface area contributed by atoms with Crippen LogP contribution in [0.3, 0.4) is 0 Å². The lowest BCUT2D eigenvalue weighted by atomic mass is 9.97. The van der Waals surface area contributed by atoms with Crippen LogP contribution in [0.5, 0.6) is 0 Å². The molecule has 0 radical (unpaired) electrons. The summed E-state index contributed by atoms with van der Waals surface area (Å²) in [5, 5.41) is 19.3. The molecule has 2 saturated heterocycles. The summed E-state index contributed by atoms with van der Waals surface area (Å²) in [7, 11) is 0. The molecule has 0 unspecified atom stereocenters. The molecule has 2 fully saturated rings. The Morgan fingerprint density at radius 2 is 2.04 bits per heavy atom. The normalized spacial score (nSPS) is 28.3. The predicted octanol–water partition coefficient (Wildman–Crippen LogP) is -0.710. The molecule has 0 saturated carbocycles. The number of hydrogen-bond donors (Lipinski definition) is 3. The number of aryl methyl sites for hydroxylation is 1. The van der Waals surface area contributed by atoms with Gasteiger partial charge in [-0.1, -0.05) is 0 Å². The third-order valence-electron chi connectivity index (χ3n) is 5.04. The van der Waals surface area contributed by atoms with Crippen molar-refractivity contribution in [1.82, 2.24) is 14.5 Å². The van der Waals surface area contributed by atoms with Crippen LogP contribution in [0.25, 0.3) is 0 Å². The Morgan fingerprint density at radius 3 is 2.68 bits per heavy atom. The zero-order valence-corrected chi connectivity index (χ0v) is 14.1. The van der Waals surface area contributed by atoms with Gasteiger partial charge in [0.05, 0.1) is 18.1 Å².